The van der Waals surface area contributed by atoms with Crippen LogP contribution in [0.3, 0.4) is 0 Å². The van der Waals surface area contributed by atoms with Crippen molar-refractivity contribution in [1.82, 2.24) is 4.90 Å². The molecule has 1 saturated carbocycles. The summed E-state index contributed by atoms with van der Waals surface area (Å²) >= 11 is 0. The monoisotopic (exact) mass is 284 g/mol. The number of rotatable bonds is 2. The lowest BCUT2D eigenvalue weighted by Gasteiger charge is -2.46. The molecule has 2 heteroatoms. The highest BCUT2D eigenvalue weighted by Crippen LogP contribution is 2.51. The minimum Gasteiger partial charge on any atom is -0.329 e. The Kier molecular flexibility index (Phi) is 3.35. The van der Waals surface area contributed by atoms with Gasteiger partial charge in [-0.05, 0) is 67.5 Å². The number of fused-ring (bicyclic) bond motifs is 3. The lowest BCUT2D eigenvalue weighted by Crippen LogP contribution is -2.59. The molecule has 1 aliphatic heterocycles. The molecule has 1 aromatic rings. The molecule has 114 valence electrons. The van der Waals surface area contributed by atoms with E-state index in [9.17, 15) is 0 Å². The molecule has 0 spiro atoms. The summed E-state index contributed by atoms with van der Waals surface area (Å²) < 4.78 is 0. The average Bonchev–Trinajstić information content (AvgIpc) is 3.00. The van der Waals surface area contributed by atoms with Gasteiger partial charge in [-0.1, -0.05) is 31.2 Å². The van der Waals surface area contributed by atoms with Crippen LogP contribution in [0.25, 0.3) is 0 Å². The molecule has 1 aromatic carbocycles. The van der Waals surface area contributed by atoms with Gasteiger partial charge in [0.25, 0.3) is 0 Å². The van der Waals surface area contributed by atoms with Gasteiger partial charge < -0.3 is 5.73 Å². The van der Waals surface area contributed by atoms with Crippen molar-refractivity contribution in [2.45, 2.75) is 44.6 Å². The van der Waals surface area contributed by atoms with Crippen LogP contribution in [0.15, 0.2) is 24.3 Å². The van der Waals surface area contributed by atoms with Crippen LogP contribution in [-0.2, 0) is 12.8 Å². The second kappa shape index (κ2) is 5.10. The normalized spacial score (nSPS) is 39.2. The summed E-state index contributed by atoms with van der Waals surface area (Å²) in [4.78, 5) is 2.80. The van der Waals surface area contributed by atoms with Crippen molar-refractivity contribution in [1.29, 1.82) is 0 Å². The number of likely N-dealkylation sites (tertiary alicyclic amines) is 1. The maximum atomic E-state index is 6.45. The third-order valence-corrected chi connectivity index (χ3v) is 6.67. The van der Waals surface area contributed by atoms with Gasteiger partial charge in [-0.2, -0.15) is 0 Å². The molecule has 1 saturated heterocycles. The first-order valence-electron chi connectivity index (χ1n) is 8.76. The molecule has 2 bridgehead atoms. The van der Waals surface area contributed by atoms with Crippen molar-refractivity contribution in [3.05, 3.63) is 35.4 Å². The molecule has 3 unspecified atom stereocenters. The number of hydrogen-bond acceptors (Lipinski definition) is 2. The first kappa shape index (κ1) is 13.8. The topological polar surface area (TPSA) is 29.3 Å². The Balaban J connectivity index is 1.73. The average molecular weight is 284 g/mol. The molecule has 0 aromatic heterocycles. The molecule has 2 N–H and O–H groups in total. The van der Waals surface area contributed by atoms with Crippen LogP contribution in [0.4, 0.5) is 0 Å². The van der Waals surface area contributed by atoms with Gasteiger partial charge in [-0.15, -0.1) is 0 Å². The number of nitrogens with zero attached hydrogens (tertiary/aromatic N) is 1. The zero-order valence-electron chi connectivity index (χ0n) is 13.2. The van der Waals surface area contributed by atoms with Gasteiger partial charge in [0.05, 0.1) is 0 Å². The van der Waals surface area contributed by atoms with Crippen molar-refractivity contribution < 1.29 is 0 Å². The predicted molar refractivity (Wildman–Crippen MR) is 87.2 cm³/mol. The zero-order chi connectivity index (χ0) is 14.4. The van der Waals surface area contributed by atoms with E-state index in [1.165, 1.54) is 45.2 Å². The molecule has 2 nitrogen and oxygen atoms in total. The van der Waals surface area contributed by atoms with E-state index in [0.717, 1.165) is 24.3 Å². The Morgan fingerprint density at radius 3 is 2.19 bits per heavy atom. The molecule has 3 atom stereocenters. The lowest BCUT2D eigenvalue weighted by molar-refractivity contribution is 0.0414. The molecule has 2 fully saturated rings. The smallest absolute Gasteiger partial charge is 0.0394 e. The second-order valence-corrected chi connectivity index (χ2v) is 7.68. The van der Waals surface area contributed by atoms with Gasteiger partial charge in [-0.3, -0.25) is 4.90 Å². The summed E-state index contributed by atoms with van der Waals surface area (Å²) in [5.41, 5.74) is 9.91. The summed E-state index contributed by atoms with van der Waals surface area (Å²) in [6, 6.07) is 9.12. The highest BCUT2D eigenvalue weighted by molar-refractivity contribution is 5.32. The largest absolute Gasteiger partial charge is 0.329 e. The van der Waals surface area contributed by atoms with Crippen LogP contribution >= 0.6 is 0 Å². The molecule has 3 aliphatic rings. The third kappa shape index (κ3) is 1.99. The van der Waals surface area contributed by atoms with Crippen molar-refractivity contribution in [2.75, 3.05) is 19.6 Å². The van der Waals surface area contributed by atoms with E-state index in [1.54, 1.807) is 11.1 Å². The van der Waals surface area contributed by atoms with Crippen LogP contribution in [0.5, 0.6) is 0 Å². The van der Waals surface area contributed by atoms with Crippen LogP contribution in [0, 0.1) is 17.8 Å². The van der Waals surface area contributed by atoms with Crippen molar-refractivity contribution in [2.24, 2.45) is 23.5 Å². The SMILES string of the molecule is CC1CCN(C2(CN)C3CCC2Cc2ccccc2C3)C1. The lowest BCUT2D eigenvalue weighted by atomic mass is 9.77. The second-order valence-electron chi connectivity index (χ2n) is 7.68. The highest BCUT2D eigenvalue weighted by Gasteiger charge is 2.54. The molecular weight excluding hydrogens is 256 g/mol. The highest BCUT2D eigenvalue weighted by atomic mass is 15.2. The summed E-state index contributed by atoms with van der Waals surface area (Å²) in [5, 5.41) is 0. The van der Waals surface area contributed by atoms with E-state index in [1.807, 2.05) is 0 Å². The quantitative estimate of drug-likeness (QED) is 0.905. The van der Waals surface area contributed by atoms with Gasteiger partial charge >= 0.3 is 0 Å². The summed E-state index contributed by atoms with van der Waals surface area (Å²) in [6.07, 6.45) is 6.60. The standard InChI is InChI=1S/C19H28N2/c1-14-8-9-21(12-14)19(13-20)17-6-7-18(19)11-16-5-3-2-4-15(16)10-17/h2-5,14,17-18H,6-13,20H2,1H3. The molecule has 21 heavy (non-hydrogen) atoms. The minimum atomic E-state index is 0.282. The fourth-order valence-electron chi connectivity index (χ4n) is 5.57. The summed E-state index contributed by atoms with van der Waals surface area (Å²) in [5.74, 6) is 2.38. The van der Waals surface area contributed by atoms with Gasteiger partial charge in [0.15, 0.2) is 0 Å². The predicted octanol–water partition coefficient (Wildman–Crippen LogP) is 2.85. The molecule has 1 heterocycles. The van der Waals surface area contributed by atoms with Crippen molar-refractivity contribution in [3.63, 3.8) is 0 Å². The maximum Gasteiger partial charge on any atom is 0.0394 e. The van der Waals surface area contributed by atoms with Crippen LogP contribution < -0.4 is 5.73 Å². The van der Waals surface area contributed by atoms with E-state index < -0.39 is 0 Å². The van der Waals surface area contributed by atoms with Gasteiger partial charge in [0.2, 0.25) is 0 Å². The number of benzene rings is 1. The van der Waals surface area contributed by atoms with Gasteiger partial charge in [-0.25, -0.2) is 0 Å². The van der Waals surface area contributed by atoms with E-state index in [4.69, 9.17) is 5.73 Å². The molecule has 0 amide bonds. The fraction of sp³-hybridized carbons (Fsp3) is 0.684. The Labute approximate surface area is 128 Å². The zero-order valence-corrected chi connectivity index (χ0v) is 13.2. The summed E-state index contributed by atoms with van der Waals surface area (Å²) in [7, 11) is 0. The van der Waals surface area contributed by atoms with Crippen LogP contribution in [-0.4, -0.2) is 30.1 Å². The maximum absolute atomic E-state index is 6.45. The first-order valence-corrected chi connectivity index (χ1v) is 8.76. The van der Waals surface area contributed by atoms with Gasteiger partial charge in [0, 0.05) is 18.6 Å². The summed E-state index contributed by atoms with van der Waals surface area (Å²) in [6.45, 7) is 5.78. The Morgan fingerprint density at radius 1 is 1.10 bits per heavy atom. The Morgan fingerprint density at radius 2 is 1.71 bits per heavy atom. The minimum absolute atomic E-state index is 0.282. The van der Waals surface area contributed by atoms with E-state index in [0.29, 0.717) is 0 Å². The van der Waals surface area contributed by atoms with E-state index in [2.05, 4.69) is 36.1 Å². The molecular formula is C19H28N2. The van der Waals surface area contributed by atoms with Crippen LogP contribution in [0.1, 0.15) is 37.3 Å². The number of nitrogens with two attached hydrogens (primary N) is 1. The number of hydrogen-bond donors (Lipinski definition) is 1. The molecule has 0 radical (unpaired) electrons. The molecule has 4 rings (SSSR count). The Hall–Kier alpha value is -0.860. The fourth-order valence-corrected chi connectivity index (χ4v) is 5.57. The first-order chi connectivity index (χ1) is 10.2. The van der Waals surface area contributed by atoms with Gasteiger partial charge in [0.1, 0.15) is 0 Å². The van der Waals surface area contributed by atoms with Crippen molar-refractivity contribution >= 4 is 0 Å². The third-order valence-electron chi connectivity index (χ3n) is 6.67. The van der Waals surface area contributed by atoms with E-state index >= 15 is 0 Å². The molecule has 2 aliphatic carbocycles. The Bertz CT molecular complexity index is 491. The van der Waals surface area contributed by atoms with Crippen molar-refractivity contribution in [3.8, 4) is 0 Å². The van der Waals surface area contributed by atoms with E-state index in [-0.39, 0.29) is 5.54 Å². The van der Waals surface area contributed by atoms with Crippen LogP contribution in [0.2, 0.25) is 0 Å².